The van der Waals surface area contributed by atoms with Crippen LogP contribution in [0.4, 0.5) is 0 Å². The monoisotopic (exact) mass is 255 g/mol. The predicted octanol–water partition coefficient (Wildman–Crippen LogP) is 1.94. The van der Waals surface area contributed by atoms with Gasteiger partial charge in [0, 0.05) is 13.1 Å². The van der Waals surface area contributed by atoms with E-state index in [1.54, 1.807) is 4.90 Å². The molecular formula is C13H25N3O2. The average molecular weight is 255 g/mol. The molecule has 0 bridgehead atoms. The summed E-state index contributed by atoms with van der Waals surface area (Å²) in [4.78, 5) is 14.5. The Hall–Kier alpha value is -1.26. The van der Waals surface area contributed by atoms with Gasteiger partial charge in [0.15, 0.2) is 5.84 Å². The van der Waals surface area contributed by atoms with E-state index >= 15 is 0 Å². The van der Waals surface area contributed by atoms with Crippen molar-refractivity contribution < 1.29 is 10.0 Å². The summed E-state index contributed by atoms with van der Waals surface area (Å²) < 4.78 is 0. The standard InChI is InChI=1S/C13H25N3O2/c1-4-8-13(9-5-2,11(14)15-18)12(17)16(3)10-6-7-10/h10,18H,4-9H2,1-3H3,(H2,14,15). The Morgan fingerprint density at radius 2 is 1.89 bits per heavy atom. The zero-order valence-electron chi connectivity index (χ0n) is 11.6. The number of nitrogens with zero attached hydrogens (tertiary/aromatic N) is 2. The minimum absolute atomic E-state index is 0.00370. The highest BCUT2D eigenvalue weighted by atomic mass is 16.4. The van der Waals surface area contributed by atoms with Crippen molar-refractivity contribution in [2.24, 2.45) is 16.3 Å². The van der Waals surface area contributed by atoms with E-state index in [-0.39, 0.29) is 11.7 Å². The van der Waals surface area contributed by atoms with Gasteiger partial charge in [-0.15, -0.1) is 0 Å². The van der Waals surface area contributed by atoms with Gasteiger partial charge in [0.05, 0.1) is 0 Å². The minimum Gasteiger partial charge on any atom is -0.409 e. The lowest BCUT2D eigenvalue weighted by molar-refractivity contribution is -0.138. The maximum absolute atomic E-state index is 12.7. The van der Waals surface area contributed by atoms with Crippen LogP contribution in [0.5, 0.6) is 0 Å². The van der Waals surface area contributed by atoms with E-state index in [9.17, 15) is 4.79 Å². The Morgan fingerprint density at radius 3 is 2.22 bits per heavy atom. The third kappa shape index (κ3) is 2.76. The summed E-state index contributed by atoms with van der Waals surface area (Å²) in [6, 6.07) is 0.345. The molecule has 0 aliphatic heterocycles. The van der Waals surface area contributed by atoms with Crippen LogP contribution < -0.4 is 5.73 Å². The molecule has 0 aromatic carbocycles. The number of rotatable bonds is 7. The van der Waals surface area contributed by atoms with E-state index in [0.717, 1.165) is 25.7 Å². The zero-order chi connectivity index (χ0) is 13.8. The lowest BCUT2D eigenvalue weighted by Crippen LogP contribution is -2.51. The quantitative estimate of drug-likeness (QED) is 0.316. The van der Waals surface area contributed by atoms with E-state index < -0.39 is 5.41 Å². The second-order valence-electron chi connectivity index (χ2n) is 5.21. The highest BCUT2D eigenvalue weighted by Gasteiger charge is 2.46. The molecule has 0 radical (unpaired) electrons. The summed E-state index contributed by atoms with van der Waals surface area (Å²) in [6.45, 7) is 4.03. The van der Waals surface area contributed by atoms with Crippen LogP contribution in [0.25, 0.3) is 0 Å². The molecule has 1 fully saturated rings. The largest absolute Gasteiger partial charge is 0.409 e. The first-order valence-electron chi connectivity index (χ1n) is 6.78. The van der Waals surface area contributed by atoms with Gasteiger partial charge in [0.25, 0.3) is 0 Å². The SMILES string of the molecule is CCCC(CCC)(C(=O)N(C)C1CC1)/C(N)=N/O. The number of carbonyl (C=O) groups excluding carboxylic acids is 1. The molecule has 1 rings (SSSR count). The van der Waals surface area contributed by atoms with Crippen LogP contribution in [0.1, 0.15) is 52.4 Å². The van der Waals surface area contributed by atoms with Crippen molar-refractivity contribution in [1.29, 1.82) is 0 Å². The highest BCUT2D eigenvalue weighted by Crippen LogP contribution is 2.36. The molecule has 1 aliphatic carbocycles. The zero-order valence-corrected chi connectivity index (χ0v) is 11.6. The van der Waals surface area contributed by atoms with Gasteiger partial charge in [-0.2, -0.15) is 0 Å². The van der Waals surface area contributed by atoms with Gasteiger partial charge in [-0.1, -0.05) is 31.8 Å². The molecule has 18 heavy (non-hydrogen) atoms. The summed E-state index contributed by atoms with van der Waals surface area (Å²) in [7, 11) is 1.82. The van der Waals surface area contributed by atoms with E-state index in [1.807, 2.05) is 20.9 Å². The number of hydrogen-bond donors (Lipinski definition) is 2. The maximum atomic E-state index is 12.7. The van der Waals surface area contributed by atoms with Gasteiger partial charge in [0.2, 0.25) is 5.91 Å². The molecule has 1 amide bonds. The van der Waals surface area contributed by atoms with Crippen LogP contribution in [0.2, 0.25) is 0 Å². The Labute approximate surface area is 109 Å². The summed E-state index contributed by atoms with van der Waals surface area (Å²) >= 11 is 0. The van der Waals surface area contributed by atoms with Crippen molar-refractivity contribution in [2.45, 2.75) is 58.4 Å². The van der Waals surface area contributed by atoms with E-state index in [4.69, 9.17) is 10.9 Å². The fraction of sp³-hybridized carbons (Fsp3) is 0.846. The predicted molar refractivity (Wildman–Crippen MR) is 71.4 cm³/mol. The van der Waals surface area contributed by atoms with Crippen LogP contribution in [0.15, 0.2) is 5.16 Å². The number of hydrogen-bond acceptors (Lipinski definition) is 3. The molecule has 104 valence electrons. The van der Waals surface area contributed by atoms with Gasteiger partial charge in [0.1, 0.15) is 5.41 Å². The van der Waals surface area contributed by atoms with Crippen LogP contribution >= 0.6 is 0 Å². The third-order valence-corrected chi connectivity index (χ3v) is 3.78. The molecular weight excluding hydrogens is 230 g/mol. The Morgan fingerprint density at radius 1 is 1.39 bits per heavy atom. The molecule has 1 aliphatic rings. The Balaban J connectivity index is 3.02. The molecule has 0 unspecified atom stereocenters. The number of amidine groups is 1. The van der Waals surface area contributed by atoms with Crippen molar-refractivity contribution in [3.63, 3.8) is 0 Å². The second kappa shape index (κ2) is 6.07. The normalized spacial score (nSPS) is 16.7. The van der Waals surface area contributed by atoms with Gasteiger partial charge in [-0.3, -0.25) is 4.79 Å². The van der Waals surface area contributed by atoms with Crippen LogP contribution in [0.3, 0.4) is 0 Å². The molecule has 0 aromatic rings. The van der Waals surface area contributed by atoms with Crippen LogP contribution in [-0.2, 0) is 4.79 Å². The van der Waals surface area contributed by atoms with Crippen molar-refractivity contribution in [3.8, 4) is 0 Å². The van der Waals surface area contributed by atoms with Gasteiger partial charge < -0.3 is 15.8 Å². The lowest BCUT2D eigenvalue weighted by Gasteiger charge is -2.34. The molecule has 5 nitrogen and oxygen atoms in total. The average Bonchev–Trinajstić information content (AvgIpc) is 3.19. The first kappa shape index (κ1) is 14.8. The smallest absolute Gasteiger partial charge is 0.236 e. The minimum atomic E-state index is -0.824. The number of carbonyl (C=O) groups is 1. The molecule has 5 heteroatoms. The second-order valence-corrected chi connectivity index (χ2v) is 5.21. The molecule has 3 N–H and O–H groups in total. The molecule has 0 spiro atoms. The Kier molecular flexibility index (Phi) is 4.99. The maximum Gasteiger partial charge on any atom is 0.236 e. The summed E-state index contributed by atoms with van der Waals surface area (Å²) in [5.41, 5.74) is 5.01. The number of amides is 1. The van der Waals surface area contributed by atoms with Gasteiger partial charge in [-0.05, 0) is 25.7 Å². The summed E-state index contributed by atoms with van der Waals surface area (Å²) in [5, 5.41) is 12.1. The number of oxime groups is 1. The van der Waals surface area contributed by atoms with Crippen molar-refractivity contribution in [3.05, 3.63) is 0 Å². The van der Waals surface area contributed by atoms with E-state index in [0.29, 0.717) is 18.9 Å². The van der Waals surface area contributed by atoms with Crippen LogP contribution in [-0.4, -0.2) is 34.9 Å². The molecule has 1 saturated carbocycles. The van der Waals surface area contributed by atoms with Gasteiger partial charge in [-0.25, -0.2) is 0 Å². The van der Waals surface area contributed by atoms with E-state index in [1.165, 1.54) is 0 Å². The fourth-order valence-corrected chi connectivity index (χ4v) is 2.62. The van der Waals surface area contributed by atoms with Crippen molar-refractivity contribution >= 4 is 11.7 Å². The lowest BCUT2D eigenvalue weighted by atomic mass is 9.76. The topological polar surface area (TPSA) is 78.9 Å². The van der Waals surface area contributed by atoms with Crippen LogP contribution in [0, 0.1) is 5.41 Å². The Bertz CT molecular complexity index is 318. The molecule has 0 aromatic heterocycles. The molecule has 0 saturated heterocycles. The van der Waals surface area contributed by atoms with Crippen molar-refractivity contribution in [2.75, 3.05) is 7.05 Å². The highest BCUT2D eigenvalue weighted by molar-refractivity contribution is 6.06. The van der Waals surface area contributed by atoms with Crippen molar-refractivity contribution in [1.82, 2.24) is 4.90 Å². The third-order valence-electron chi connectivity index (χ3n) is 3.78. The summed E-state index contributed by atoms with van der Waals surface area (Å²) in [6.07, 6.45) is 5.06. The number of nitrogens with two attached hydrogens (primary N) is 1. The van der Waals surface area contributed by atoms with E-state index in [2.05, 4.69) is 5.16 Å². The molecule has 0 heterocycles. The first-order chi connectivity index (χ1) is 8.53. The first-order valence-corrected chi connectivity index (χ1v) is 6.78. The summed E-state index contributed by atoms with van der Waals surface area (Å²) in [5.74, 6) is 0.0627. The molecule has 0 atom stereocenters. The fourth-order valence-electron chi connectivity index (χ4n) is 2.62. The van der Waals surface area contributed by atoms with Gasteiger partial charge >= 0.3 is 0 Å².